The number of carbonyl (C=O) groups excluding carboxylic acids is 4. The normalized spacial score (nSPS) is 16.5. The summed E-state index contributed by atoms with van der Waals surface area (Å²) < 4.78 is 23.5. The van der Waals surface area contributed by atoms with Crippen LogP contribution in [0.4, 0.5) is 0 Å². The van der Waals surface area contributed by atoms with Crippen molar-refractivity contribution in [1.82, 2.24) is 10.6 Å². The van der Waals surface area contributed by atoms with Crippen LogP contribution in [0.5, 0.6) is 0 Å². The molecular weight excluding hydrogens is 841 g/mol. The highest BCUT2D eigenvalue weighted by atomic mass is 16.6. The van der Waals surface area contributed by atoms with Gasteiger partial charge in [0.05, 0.1) is 17.8 Å². The summed E-state index contributed by atoms with van der Waals surface area (Å²) in [4.78, 5) is 51.8. The van der Waals surface area contributed by atoms with E-state index < -0.39 is 12.2 Å². The van der Waals surface area contributed by atoms with E-state index in [2.05, 4.69) is 24.5 Å². The van der Waals surface area contributed by atoms with Crippen LogP contribution >= 0.6 is 0 Å². The molecule has 394 valence electrons. The minimum Gasteiger partial charge on any atom is -0.462 e. The number of rotatable bonds is 46. The first-order valence-electron chi connectivity index (χ1n) is 28.4. The zero-order valence-corrected chi connectivity index (χ0v) is 45.0. The van der Waals surface area contributed by atoms with Crippen molar-refractivity contribution in [3.05, 3.63) is 0 Å². The summed E-state index contributed by atoms with van der Waals surface area (Å²) in [5.41, 5.74) is -0.715. The Morgan fingerprint density at radius 3 is 1.18 bits per heavy atom. The first kappa shape index (κ1) is 62.8. The Morgan fingerprint density at radius 1 is 0.448 bits per heavy atom. The molecule has 1 saturated carbocycles. The van der Waals surface area contributed by atoms with Crippen molar-refractivity contribution in [2.24, 2.45) is 0 Å². The molecule has 10 nitrogen and oxygen atoms in total. The summed E-state index contributed by atoms with van der Waals surface area (Å²) in [5, 5.41) is 6.01. The summed E-state index contributed by atoms with van der Waals surface area (Å²) in [5.74, 6) is -0.850. The highest BCUT2D eigenvalue weighted by Gasteiger charge is 2.34. The molecule has 2 N–H and O–H groups in total. The average Bonchev–Trinajstić information content (AvgIpc) is 3.29. The van der Waals surface area contributed by atoms with Crippen molar-refractivity contribution in [2.45, 2.75) is 321 Å². The summed E-state index contributed by atoms with van der Waals surface area (Å²) in [6.45, 7) is 13.6. The minimum absolute atomic E-state index is 0.0519. The van der Waals surface area contributed by atoms with Crippen LogP contribution in [-0.2, 0) is 38.1 Å². The van der Waals surface area contributed by atoms with Gasteiger partial charge in [0.2, 0.25) is 11.8 Å². The molecular formula is C57H108N2O8. The molecule has 0 aromatic rings. The number of unbranched alkanes of at least 4 members (excludes halogenated alkanes) is 28. The number of hydrogen-bond donors (Lipinski definition) is 2. The monoisotopic (exact) mass is 949 g/mol. The number of ether oxygens (including phenoxy) is 4. The number of methoxy groups -OCH3 is 1. The maximum Gasteiger partial charge on any atom is 0.306 e. The molecule has 67 heavy (non-hydrogen) atoms. The zero-order chi connectivity index (χ0) is 49.3. The molecule has 1 rings (SSSR count). The first-order valence-corrected chi connectivity index (χ1v) is 28.4. The van der Waals surface area contributed by atoms with Crippen molar-refractivity contribution in [2.75, 3.05) is 20.3 Å². The number of nitrogens with one attached hydrogen (secondary N) is 2. The molecule has 0 aromatic carbocycles. The predicted molar refractivity (Wildman–Crippen MR) is 277 cm³/mol. The number of esters is 2. The third-order valence-electron chi connectivity index (χ3n) is 13.8. The number of amides is 2. The lowest BCUT2D eigenvalue weighted by atomic mass is 9.90. The predicted octanol–water partition coefficient (Wildman–Crippen LogP) is 14.9. The van der Waals surface area contributed by atoms with Gasteiger partial charge < -0.3 is 29.6 Å². The van der Waals surface area contributed by atoms with Gasteiger partial charge in [-0.2, -0.15) is 0 Å². The first-order chi connectivity index (χ1) is 32.3. The Bertz CT molecular complexity index is 1170. The highest BCUT2D eigenvalue weighted by Crippen LogP contribution is 2.27. The molecule has 1 aliphatic rings. The van der Waals surface area contributed by atoms with Crippen molar-refractivity contribution in [3.63, 3.8) is 0 Å². The zero-order valence-electron chi connectivity index (χ0n) is 45.0. The summed E-state index contributed by atoms with van der Waals surface area (Å²) in [6, 6.07) is -0.318. The lowest BCUT2D eigenvalue weighted by Crippen LogP contribution is -2.46. The van der Waals surface area contributed by atoms with Crippen LogP contribution < -0.4 is 10.6 Å². The average molecular weight is 949 g/mol. The van der Waals surface area contributed by atoms with Gasteiger partial charge in [-0.15, -0.1) is 0 Å². The quantitative estimate of drug-likeness (QED) is 0.0456. The van der Waals surface area contributed by atoms with Gasteiger partial charge in [-0.05, 0) is 53.4 Å². The van der Waals surface area contributed by atoms with Crippen molar-refractivity contribution >= 4 is 23.8 Å². The van der Waals surface area contributed by atoms with E-state index in [4.69, 9.17) is 18.9 Å². The van der Waals surface area contributed by atoms with Crippen molar-refractivity contribution in [1.29, 1.82) is 0 Å². The Hall–Kier alpha value is -2.20. The van der Waals surface area contributed by atoms with Crippen LogP contribution in [-0.4, -0.2) is 73.5 Å². The molecule has 0 aromatic heterocycles. The number of carbonyl (C=O) groups is 4. The van der Waals surface area contributed by atoms with Gasteiger partial charge >= 0.3 is 11.9 Å². The van der Waals surface area contributed by atoms with E-state index in [9.17, 15) is 19.2 Å². The summed E-state index contributed by atoms with van der Waals surface area (Å²) in [7, 11) is 1.67. The molecule has 2 amide bonds. The molecule has 10 heteroatoms. The molecule has 2 unspecified atom stereocenters. The summed E-state index contributed by atoms with van der Waals surface area (Å²) >= 11 is 0. The van der Waals surface area contributed by atoms with Gasteiger partial charge in [0.25, 0.3) is 0 Å². The molecule has 0 spiro atoms. The number of hydrogen-bond acceptors (Lipinski definition) is 8. The molecule has 0 aliphatic heterocycles. The molecule has 1 aliphatic carbocycles. The van der Waals surface area contributed by atoms with Crippen LogP contribution in [0, 0.1) is 0 Å². The highest BCUT2D eigenvalue weighted by molar-refractivity contribution is 5.83. The molecule has 0 radical (unpaired) electrons. The molecule has 0 heterocycles. The fraction of sp³-hybridized carbons (Fsp3) is 0.930. The van der Waals surface area contributed by atoms with Gasteiger partial charge in [-0.25, -0.2) is 0 Å². The van der Waals surface area contributed by atoms with Crippen LogP contribution in [0.2, 0.25) is 0 Å². The smallest absolute Gasteiger partial charge is 0.306 e. The van der Waals surface area contributed by atoms with E-state index in [-0.39, 0.29) is 53.8 Å². The van der Waals surface area contributed by atoms with Gasteiger partial charge in [-0.3, -0.25) is 19.2 Å². The molecule has 0 saturated heterocycles. The summed E-state index contributed by atoms with van der Waals surface area (Å²) in [6.07, 6.45) is 41.0. The van der Waals surface area contributed by atoms with Crippen molar-refractivity contribution in [3.8, 4) is 0 Å². The standard InChI is InChI=1S/C57H108N2O8/c1-8-10-12-14-16-18-20-22-24-26-28-30-32-34-36-39-54(62)66-50-45-49(59-53(61)42-41-52(60)58-44-38-43-56(3,4)65-48-57(5,6)64-7)46-51(47-50)67-55(63)40-37-35-33-31-29-27-25-23-21-19-17-15-13-11-9-2/h49-51H,8-48H2,1-7H3,(H,58,60)(H,59,61). The lowest BCUT2D eigenvalue weighted by molar-refractivity contribution is -0.160. The lowest BCUT2D eigenvalue weighted by Gasteiger charge is -2.34. The molecule has 0 bridgehead atoms. The fourth-order valence-corrected chi connectivity index (χ4v) is 9.16. The maximum atomic E-state index is 13.1. The largest absolute Gasteiger partial charge is 0.462 e. The van der Waals surface area contributed by atoms with Gasteiger partial charge in [0.15, 0.2) is 0 Å². The van der Waals surface area contributed by atoms with E-state index in [1.54, 1.807) is 7.11 Å². The van der Waals surface area contributed by atoms with E-state index in [1.807, 2.05) is 27.7 Å². The Labute approximate surface area is 412 Å². The van der Waals surface area contributed by atoms with E-state index in [0.29, 0.717) is 45.3 Å². The van der Waals surface area contributed by atoms with Crippen molar-refractivity contribution < 1.29 is 38.1 Å². The Morgan fingerprint density at radius 2 is 0.806 bits per heavy atom. The van der Waals surface area contributed by atoms with Gasteiger partial charge in [0, 0.05) is 64.6 Å². The molecule has 1 fully saturated rings. The van der Waals surface area contributed by atoms with Gasteiger partial charge in [0.1, 0.15) is 12.2 Å². The minimum atomic E-state index is -0.441. The maximum absolute atomic E-state index is 13.1. The van der Waals surface area contributed by atoms with E-state index in [1.165, 1.54) is 154 Å². The van der Waals surface area contributed by atoms with Crippen LogP contribution in [0.25, 0.3) is 0 Å². The fourth-order valence-electron chi connectivity index (χ4n) is 9.16. The topological polar surface area (TPSA) is 129 Å². The van der Waals surface area contributed by atoms with Crippen LogP contribution in [0.15, 0.2) is 0 Å². The van der Waals surface area contributed by atoms with Crippen LogP contribution in [0.3, 0.4) is 0 Å². The Balaban J connectivity index is 2.47. The van der Waals surface area contributed by atoms with E-state index in [0.717, 1.165) is 51.4 Å². The second-order valence-corrected chi connectivity index (χ2v) is 21.6. The Kier molecular flexibility index (Phi) is 39.0. The van der Waals surface area contributed by atoms with E-state index >= 15 is 0 Å². The third kappa shape index (κ3) is 39.2. The second-order valence-electron chi connectivity index (χ2n) is 21.6. The van der Waals surface area contributed by atoms with Crippen LogP contribution in [0.1, 0.15) is 292 Å². The third-order valence-corrected chi connectivity index (χ3v) is 13.8. The molecule has 2 atom stereocenters. The SMILES string of the molecule is CCCCCCCCCCCCCCCCCC(=O)OC1CC(NC(=O)CCC(=O)NCCCC(C)(C)OCC(C)(C)OC)CC(OC(=O)CCCCCCCCCCCCCCCCC)C1. The second kappa shape index (κ2) is 41.6. The van der Waals surface area contributed by atoms with Gasteiger partial charge in [-0.1, -0.05) is 194 Å².